The molecule has 0 aliphatic carbocycles. The van der Waals surface area contributed by atoms with E-state index in [2.05, 4.69) is 26.3 Å². The highest BCUT2D eigenvalue weighted by molar-refractivity contribution is 9.10. The van der Waals surface area contributed by atoms with Crippen LogP contribution in [0.15, 0.2) is 57.1 Å². The van der Waals surface area contributed by atoms with Gasteiger partial charge in [-0.25, -0.2) is 4.79 Å². The normalized spacial score (nSPS) is 10.9. The summed E-state index contributed by atoms with van der Waals surface area (Å²) in [7, 11) is 0. The molecule has 1 amide bonds. The number of halogens is 2. The van der Waals surface area contributed by atoms with E-state index in [0.717, 1.165) is 16.0 Å². The number of fused-ring (bicyclic) bond motifs is 1. The largest absolute Gasteiger partial charge is 0.494 e. The van der Waals surface area contributed by atoms with Gasteiger partial charge in [0.1, 0.15) is 10.8 Å². The van der Waals surface area contributed by atoms with Crippen molar-refractivity contribution in [3.63, 3.8) is 0 Å². The molecule has 0 saturated carbocycles. The molecule has 0 aliphatic heterocycles. The summed E-state index contributed by atoms with van der Waals surface area (Å²) >= 11 is 10.6. The summed E-state index contributed by atoms with van der Waals surface area (Å²) in [6.45, 7) is 4.18. The Labute approximate surface area is 217 Å². The summed E-state index contributed by atoms with van der Waals surface area (Å²) in [6.07, 6.45) is 0. The van der Waals surface area contributed by atoms with Crippen LogP contribution in [0.5, 0.6) is 5.75 Å². The third-order valence-corrected chi connectivity index (χ3v) is 6.63. The smallest absolute Gasteiger partial charge is 0.359 e. The van der Waals surface area contributed by atoms with Crippen LogP contribution >= 0.6 is 38.9 Å². The number of anilines is 1. The van der Waals surface area contributed by atoms with Crippen molar-refractivity contribution >= 4 is 66.5 Å². The van der Waals surface area contributed by atoms with E-state index >= 15 is 0 Å². The molecule has 0 atom stereocenters. The highest BCUT2D eigenvalue weighted by Crippen LogP contribution is 2.32. The molecule has 0 unspecified atom stereocenters. The van der Waals surface area contributed by atoms with Crippen molar-refractivity contribution in [1.82, 2.24) is 9.78 Å². The number of benzene rings is 2. The average molecular weight is 577 g/mol. The number of carbonyl (C=O) groups is 2. The molecule has 2 aromatic carbocycles. The minimum absolute atomic E-state index is 0.0347. The molecule has 0 aliphatic rings. The molecular weight excluding hydrogens is 558 g/mol. The van der Waals surface area contributed by atoms with E-state index in [0.29, 0.717) is 22.5 Å². The minimum atomic E-state index is -0.678. The number of carbonyl (C=O) groups excluding carboxylic acids is 2. The maximum atomic E-state index is 13.5. The zero-order valence-corrected chi connectivity index (χ0v) is 21.8. The van der Waals surface area contributed by atoms with Crippen LogP contribution in [0.25, 0.3) is 16.5 Å². The van der Waals surface area contributed by atoms with E-state index in [9.17, 15) is 14.4 Å². The standard InChI is InChI=1S/C24H19BrClN3O5S/c1-3-33-15-8-6-14(7-9-15)29-23(31)19-17(20(28-29)24(32)34-4-2)12-35-22(19)27-21(30)16-11-13(25)5-10-18(16)26/h5-12H,3-4H2,1-2H3,(H,27,30). The molecular formula is C24H19BrClN3O5S. The molecule has 2 heterocycles. The summed E-state index contributed by atoms with van der Waals surface area (Å²) in [5, 5.41) is 9.59. The Morgan fingerprint density at radius 3 is 2.57 bits per heavy atom. The number of rotatable bonds is 7. The first-order chi connectivity index (χ1) is 16.8. The van der Waals surface area contributed by atoms with Gasteiger partial charge in [0.25, 0.3) is 11.5 Å². The molecule has 180 valence electrons. The van der Waals surface area contributed by atoms with Crippen molar-refractivity contribution in [2.45, 2.75) is 13.8 Å². The van der Waals surface area contributed by atoms with Crippen molar-refractivity contribution in [3.8, 4) is 11.4 Å². The first-order valence-corrected chi connectivity index (χ1v) is 12.6. The number of esters is 1. The van der Waals surface area contributed by atoms with Crippen molar-refractivity contribution in [2.75, 3.05) is 18.5 Å². The molecule has 0 bridgehead atoms. The van der Waals surface area contributed by atoms with Crippen molar-refractivity contribution in [1.29, 1.82) is 0 Å². The monoisotopic (exact) mass is 575 g/mol. The lowest BCUT2D eigenvalue weighted by molar-refractivity contribution is 0.0520. The zero-order valence-electron chi connectivity index (χ0n) is 18.6. The first-order valence-electron chi connectivity index (χ1n) is 10.5. The summed E-state index contributed by atoms with van der Waals surface area (Å²) in [4.78, 5) is 39.2. The fourth-order valence-corrected chi connectivity index (χ4v) is 4.86. The van der Waals surface area contributed by atoms with Gasteiger partial charge in [-0.1, -0.05) is 27.5 Å². The highest BCUT2D eigenvalue weighted by Gasteiger charge is 2.24. The molecule has 11 heteroatoms. The molecule has 8 nitrogen and oxygen atoms in total. The number of ether oxygens (including phenoxy) is 2. The van der Waals surface area contributed by atoms with Crippen LogP contribution in [0, 0.1) is 0 Å². The molecule has 0 saturated heterocycles. The molecule has 35 heavy (non-hydrogen) atoms. The Morgan fingerprint density at radius 2 is 1.89 bits per heavy atom. The molecule has 0 fully saturated rings. The van der Waals surface area contributed by atoms with E-state index in [-0.39, 0.29) is 38.7 Å². The van der Waals surface area contributed by atoms with Crippen molar-refractivity contribution in [2.24, 2.45) is 0 Å². The van der Waals surface area contributed by atoms with E-state index in [1.807, 2.05) is 6.92 Å². The number of amides is 1. The summed E-state index contributed by atoms with van der Waals surface area (Å²) in [5.74, 6) is -0.546. The summed E-state index contributed by atoms with van der Waals surface area (Å²) in [5.41, 5.74) is 0.111. The fourth-order valence-electron chi connectivity index (χ4n) is 3.36. The SMILES string of the molecule is CCOC(=O)c1nn(-c2ccc(OCC)cc2)c(=O)c2c(NC(=O)c3cc(Br)ccc3Cl)scc12. The lowest BCUT2D eigenvalue weighted by Gasteiger charge is -2.11. The number of hydrogen-bond donors (Lipinski definition) is 1. The average Bonchev–Trinajstić information content (AvgIpc) is 3.26. The van der Waals surface area contributed by atoms with Gasteiger partial charge in [-0.3, -0.25) is 9.59 Å². The van der Waals surface area contributed by atoms with E-state index in [4.69, 9.17) is 21.1 Å². The van der Waals surface area contributed by atoms with Crippen molar-refractivity contribution < 1.29 is 19.1 Å². The van der Waals surface area contributed by atoms with Gasteiger partial charge in [-0.05, 0) is 56.3 Å². The van der Waals surface area contributed by atoms with Crippen LogP contribution in [0.3, 0.4) is 0 Å². The van der Waals surface area contributed by atoms with Crippen LogP contribution in [0.4, 0.5) is 5.00 Å². The van der Waals surface area contributed by atoms with Crippen LogP contribution in [0.2, 0.25) is 5.02 Å². The molecule has 4 aromatic rings. The quantitative estimate of drug-likeness (QED) is 0.284. The van der Waals surface area contributed by atoms with E-state index < -0.39 is 17.4 Å². The van der Waals surface area contributed by atoms with Gasteiger partial charge in [-0.2, -0.15) is 9.78 Å². The van der Waals surface area contributed by atoms with Crippen LogP contribution < -0.4 is 15.6 Å². The number of thiophene rings is 1. The lowest BCUT2D eigenvalue weighted by atomic mass is 10.2. The van der Waals surface area contributed by atoms with Crippen LogP contribution in [0.1, 0.15) is 34.7 Å². The third kappa shape index (κ3) is 5.09. The Hall–Kier alpha value is -3.21. The number of aromatic nitrogens is 2. The van der Waals surface area contributed by atoms with E-state index in [1.54, 1.807) is 54.8 Å². The number of nitrogens with one attached hydrogen (secondary N) is 1. The molecule has 0 spiro atoms. The molecule has 2 aromatic heterocycles. The predicted molar refractivity (Wildman–Crippen MR) is 139 cm³/mol. The number of nitrogens with zero attached hydrogens (tertiary/aromatic N) is 2. The Kier molecular flexibility index (Phi) is 7.54. The maximum Gasteiger partial charge on any atom is 0.359 e. The number of hydrogen-bond acceptors (Lipinski definition) is 7. The summed E-state index contributed by atoms with van der Waals surface area (Å²) < 4.78 is 12.4. The summed E-state index contributed by atoms with van der Waals surface area (Å²) in [6, 6.07) is 11.6. The Balaban J connectivity index is 1.86. The second-order valence-corrected chi connectivity index (χ2v) is 9.35. The van der Waals surface area contributed by atoms with Gasteiger partial charge in [-0.15, -0.1) is 11.3 Å². The lowest BCUT2D eigenvalue weighted by Crippen LogP contribution is -2.25. The van der Waals surface area contributed by atoms with Gasteiger partial charge >= 0.3 is 5.97 Å². The van der Waals surface area contributed by atoms with Crippen molar-refractivity contribution in [3.05, 3.63) is 79.0 Å². The van der Waals surface area contributed by atoms with Gasteiger partial charge in [0.2, 0.25) is 0 Å². The highest BCUT2D eigenvalue weighted by atomic mass is 79.9. The van der Waals surface area contributed by atoms with Gasteiger partial charge < -0.3 is 14.8 Å². The Bertz CT molecular complexity index is 1480. The van der Waals surface area contributed by atoms with Crippen LogP contribution in [-0.2, 0) is 4.74 Å². The fraction of sp³-hybridized carbons (Fsp3) is 0.167. The van der Waals surface area contributed by atoms with Crippen LogP contribution in [-0.4, -0.2) is 34.9 Å². The Morgan fingerprint density at radius 1 is 1.14 bits per heavy atom. The second kappa shape index (κ2) is 10.6. The van der Waals surface area contributed by atoms with Gasteiger partial charge in [0.15, 0.2) is 5.69 Å². The molecule has 1 N–H and O–H groups in total. The topological polar surface area (TPSA) is 99.5 Å². The van der Waals surface area contributed by atoms with Gasteiger partial charge in [0.05, 0.1) is 34.9 Å². The van der Waals surface area contributed by atoms with Gasteiger partial charge in [0, 0.05) is 15.2 Å². The molecule has 0 radical (unpaired) electrons. The zero-order chi connectivity index (χ0) is 25.1. The first kappa shape index (κ1) is 24.9. The minimum Gasteiger partial charge on any atom is -0.494 e. The third-order valence-electron chi connectivity index (χ3n) is 4.91. The second-order valence-electron chi connectivity index (χ2n) is 7.14. The molecule has 4 rings (SSSR count). The maximum absolute atomic E-state index is 13.5. The van der Waals surface area contributed by atoms with E-state index in [1.165, 1.54) is 0 Å². The predicted octanol–water partition coefficient (Wildman–Crippen LogP) is 5.69.